The van der Waals surface area contributed by atoms with Crippen LogP contribution in [0.3, 0.4) is 0 Å². The number of anilines is 1. The molecule has 6 heteroatoms. The van der Waals surface area contributed by atoms with Crippen molar-refractivity contribution in [2.75, 3.05) is 31.1 Å². The molecule has 0 aromatic heterocycles. The van der Waals surface area contributed by atoms with Crippen molar-refractivity contribution in [3.05, 3.63) is 29.3 Å². The van der Waals surface area contributed by atoms with E-state index in [9.17, 15) is 0 Å². The molecule has 4 unspecified atom stereocenters. The Morgan fingerprint density at radius 3 is 1.88 bits per heavy atom. The van der Waals surface area contributed by atoms with Gasteiger partial charge in [0.15, 0.2) is 0 Å². The average molecular weight is 363 g/mol. The van der Waals surface area contributed by atoms with Crippen molar-refractivity contribution in [2.45, 2.75) is 0 Å². The van der Waals surface area contributed by atoms with Crippen LogP contribution < -0.4 is 10.2 Å². The molecule has 5 rings (SSSR count). The molecule has 2 saturated carbocycles. The van der Waals surface area contributed by atoms with E-state index in [2.05, 4.69) is 34.5 Å². The number of nitrogens with one attached hydrogen (secondary N) is 1. The van der Waals surface area contributed by atoms with Gasteiger partial charge in [-0.05, 0) is 61.0 Å². The number of rotatable bonds is 1. The van der Waals surface area contributed by atoms with Crippen molar-refractivity contribution in [3.63, 3.8) is 0 Å². The van der Waals surface area contributed by atoms with Crippen molar-refractivity contribution in [1.82, 2.24) is 5.32 Å². The summed E-state index contributed by atoms with van der Waals surface area (Å²) in [5.41, 5.74) is 1.23. The molecule has 0 spiro atoms. The summed E-state index contributed by atoms with van der Waals surface area (Å²) in [6.45, 7) is 4.24. The largest absolute Gasteiger partial charge is 0.371 e. The standard InChI is InChI=1S/C12H11ClN2.C6H8N2.ClH/c13-8-1-3-9(4-2-8)15-6-11-10(5-14)12(11)7-15;7-1-4-5-2-8-3-6(4)5;/h1-4,10-12H,6-7H2;4-6,8H,2-3H2;1H. The van der Waals surface area contributed by atoms with Crippen LogP contribution in [0.1, 0.15) is 0 Å². The van der Waals surface area contributed by atoms with E-state index in [4.69, 9.17) is 22.1 Å². The Bertz CT molecular complexity index is 656. The highest BCUT2D eigenvalue weighted by atomic mass is 35.5. The summed E-state index contributed by atoms with van der Waals surface area (Å²) in [4.78, 5) is 2.35. The molecule has 126 valence electrons. The summed E-state index contributed by atoms with van der Waals surface area (Å²) in [5, 5.41) is 21.3. The third-order valence-electron chi connectivity index (χ3n) is 5.78. The molecule has 2 aliphatic heterocycles. The van der Waals surface area contributed by atoms with Crippen molar-refractivity contribution in [1.29, 1.82) is 10.5 Å². The normalized spacial score (nSPS) is 36.9. The number of benzene rings is 1. The minimum absolute atomic E-state index is 0. The fourth-order valence-corrected chi connectivity index (χ4v) is 4.32. The molecule has 2 heterocycles. The van der Waals surface area contributed by atoms with Gasteiger partial charge in [-0.1, -0.05) is 11.6 Å². The van der Waals surface area contributed by atoms with Gasteiger partial charge in [-0.15, -0.1) is 12.4 Å². The van der Waals surface area contributed by atoms with Crippen LogP contribution in [-0.4, -0.2) is 26.2 Å². The Balaban J connectivity index is 0.000000159. The SMILES string of the molecule is Cl.N#CC1C2CN(c3ccc(Cl)cc3)CC12.N#CC1C2CNCC12. The van der Waals surface area contributed by atoms with E-state index in [0.717, 1.165) is 43.0 Å². The van der Waals surface area contributed by atoms with E-state index >= 15 is 0 Å². The van der Waals surface area contributed by atoms with Crippen LogP contribution >= 0.6 is 24.0 Å². The molecular weight excluding hydrogens is 343 g/mol. The first-order chi connectivity index (χ1) is 11.2. The minimum Gasteiger partial charge on any atom is -0.371 e. The van der Waals surface area contributed by atoms with Crippen LogP contribution in [0, 0.1) is 58.2 Å². The molecule has 4 fully saturated rings. The van der Waals surface area contributed by atoms with E-state index in [1.807, 2.05) is 12.1 Å². The van der Waals surface area contributed by atoms with Crippen molar-refractivity contribution in [3.8, 4) is 12.1 Å². The van der Waals surface area contributed by atoms with Crippen LogP contribution in [-0.2, 0) is 0 Å². The quantitative estimate of drug-likeness (QED) is 0.833. The molecule has 1 aromatic rings. The van der Waals surface area contributed by atoms with E-state index < -0.39 is 0 Å². The van der Waals surface area contributed by atoms with Gasteiger partial charge in [0, 0.05) is 23.8 Å². The highest BCUT2D eigenvalue weighted by Gasteiger charge is 2.56. The minimum atomic E-state index is 0. The second-order valence-corrected chi connectivity index (χ2v) is 7.44. The maximum absolute atomic E-state index is 8.82. The maximum atomic E-state index is 8.82. The van der Waals surface area contributed by atoms with Crippen LogP contribution in [0.2, 0.25) is 5.02 Å². The first-order valence-electron chi connectivity index (χ1n) is 8.23. The van der Waals surface area contributed by atoms with Crippen molar-refractivity contribution >= 4 is 29.7 Å². The molecule has 0 amide bonds. The lowest BCUT2D eigenvalue weighted by Gasteiger charge is -2.20. The number of halogens is 2. The van der Waals surface area contributed by atoms with E-state index in [1.54, 1.807) is 0 Å². The summed E-state index contributed by atoms with van der Waals surface area (Å²) < 4.78 is 0. The van der Waals surface area contributed by atoms with Gasteiger partial charge in [-0.25, -0.2) is 0 Å². The van der Waals surface area contributed by atoms with Gasteiger partial charge in [0.1, 0.15) is 0 Å². The molecule has 2 aliphatic carbocycles. The molecule has 0 radical (unpaired) electrons. The number of nitrogens with zero attached hydrogens (tertiary/aromatic N) is 3. The highest BCUT2D eigenvalue weighted by Crippen LogP contribution is 2.52. The second kappa shape index (κ2) is 6.81. The molecule has 0 bridgehead atoms. The van der Waals surface area contributed by atoms with E-state index in [-0.39, 0.29) is 12.4 Å². The van der Waals surface area contributed by atoms with Crippen LogP contribution in [0.25, 0.3) is 0 Å². The van der Waals surface area contributed by atoms with Gasteiger partial charge in [-0.3, -0.25) is 0 Å². The Kier molecular flexibility index (Phi) is 4.92. The predicted molar refractivity (Wildman–Crippen MR) is 95.9 cm³/mol. The molecule has 1 N–H and O–H groups in total. The summed E-state index contributed by atoms with van der Waals surface area (Å²) >= 11 is 5.84. The van der Waals surface area contributed by atoms with E-state index in [1.165, 1.54) is 5.69 Å². The lowest BCUT2D eigenvalue weighted by atomic mass is 10.2. The monoisotopic (exact) mass is 362 g/mol. The van der Waals surface area contributed by atoms with Crippen LogP contribution in [0.15, 0.2) is 24.3 Å². The molecule has 4 nitrogen and oxygen atoms in total. The summed E-state index contributed by atoms with van der Waals surface area (Å²) in [6, 6.07) is 12.6. The lowest BCUT2D eigenvalue weighted by molar-refractivity contribution is 0.675. The first-order valence-corrected chi connectivity index (χ1v) is 8.61. The third-order valence-corrected chi connectivity index (χ3v) is 6.03. The zero-order valence-corrected chi connectivity index (χ0v) is 14.8. The topological polar surface area (TPSA) is 62.9 Å². The Morgan fingerprint density at radius 1 is 0.917 bits per heavy atom. The molecular formula is C18H20Cl2N4. The lowest BCUT2D eigenvalue weighted by Crippen LogP contribution is -2.23. The summed E-state index contributed by atoms with van der Waals surface area (Å²) in [7, 11) is 0. The Hall–Kier alpha value is -1.46. The van der Waals surface area contributed by atoms with E-state index in [0.29, 0.717) is 23.7 Å². The van der Waals surface area contributed by atoms with Crippen LogP contribution in [0.5, 0.6) is 0 Å². The van der Waals surface area contributed by atoms with Gasteiger partial charge < -0.3 is 10.2 Å². The fourth-order valence-electron chi connectivity index (χ4n) is 4.19. The predicted octanol–water partition coefficient (Wildman–Crippen LogP) is 2.94. The Labute approximate surface area is 153 Å². The number of fused-ring (bicyclic) bond motifs is 2. The van der Waals surface area contributed by atoms with Gasteiger partial charge in [0.2, 0.25) is 0 Å². The smallest absolute Gasteiger partial charge is 0.0663 e. The number of nitriles is 2. The molecule has 4 aliphatic rings. The van der Waals surface area contributed by atoms with Gasteiger partial charge in [0.25, 0.3) is 0 Å². The highest BCUT2D eigenvalue weighted by molar-refractivity contribution is 6.30. The molecule has 4 atom stereocenters. The maximum Gasteiger partial charge on any atom is 0.0663 e. The fraction of sp³-hybridized carbons (Fsp3) is 0.556. The second-order valence-electron chi connectivity index (χ2n) is 7.00. The number of piperidine rings is 2. The van der Waals surface area contributed by atoms with Gasteiger partial charge >= 0.3 is 0 Å². The number of hydrogen-bond acceptors (Lipinski definition) is 4. The van der Waals surface area contributed by atoms with Crippen molar-refractivity contribution < 1.29 is 0 Å². The number of hydrogen-bond donors (Lipinski definition) is 1. The molecule has 2 saturated heterocycles. The zero-order chi connectivity index (χ0) is 16.0. The Morgan fingerprint density at radius 2 is 1.42 bits per heavy atom. The van der Waals surface area contributed by atoms with Crippen molar-refractivity contribution in [2.24, 2.45) is 35.5 Å². The van der Waals surface area contributed by atoms with Gasteiger partial charge in [0.05, 0.1) is 24.0 Å². The summed E-state index contributed by atoms with van der Waals surface area (Å²) in [5.74, 6) is 3.42. The van der Waals surface area contributed by atoms with Gasteiger partial charge in [-0.2, -0.15) is 10.5 Å². The summed E-state index contributed by atoms with van der Waals surface area (Å²) in [6.07, 6.45) is 0. The molecule has 24 heavy (non-hydrogen) atoms. The third kappa shape index (κ3) is 3.07. The first kappa shape index (κ1) is 17.4. The average Bonchev–Trinajstić information content (AvgIpc) is 3.25. The molecule has 1 aromatic carbocycles. The zero-order valence-electron chi connectivity index (χ0n) is 13.2. The van der Waals surface area contributed by atoms with Crippen LogP contribution in [0.4, 0.5) is 5.69 Å².